The first kappa shape index (κ1) is 19.9. The van der Waals surface area contributed by atoms with Crippen LogP contribution >= 0.6 is 0 Å². The minimum absolute atomic E-state index is 0.0732. The Bertz CT molecular complexity index is 1110. The Hall–Kier alpha value is -3.40. The van der Waals surface area contributed by atoms with Crippen LogP contribution in [-0.2, 0) is 24.3 Å². The first-order chi connectivity index (χ1) is 14.7. The number of carbonyl (C=O) groups excluding carboxylic acids is 1. The molecule has 4 heteroatoms. The van der Waals surface area contributed by atoms with Crippen molar-refractivity contribution in [2.24, 2.45) is 0 Å². The normalized spacial score (nSPS) is 11.0. The topological polar surface area (TPSA) is 46.9 Å². The molecule has 1 N–H and O–H groups in total. The standard InChI is InChI=1S/C26H27N3O/c1-20-12-14-21(15-13-20)18-29-19-22(24-9-2-3-10-25(24)29)7-6-11-26(30)28-17-23-8-4-5-16-27-23/h2-5,8-10,12-16,19H,6-7,11,17-18H2,1H3,(H,28,30). The number of aromatic nitrogens is 2. The second-order valence-electron chi connectivity index (χ2n) is 7.74. The molecule has 0 aliphatic carbocycles. The van der Waals surface area contributed by atoms with Crippen LogP contribution in [0.2, 0.25) is 0 Å². The molecule has 4 nitrogen and oxygen atoms in total. The summed E-state index contributed by atoms with van der Waals surface area (Å²) in [6.45, 7) is 3.44. The largest absolute Gasteiger partial charge is 0.350 e. The number of benzene rings is 2. The van der Waals surface area contributed by atoms with Gasteiger partial charge in [0.05, 0.1) is 12.2 Å². The first-order valence-electron chi connectivity index (χ1n) is 10.5. The molecule has 152 valence electrons. The van der Waals surface area contributed by atoms with E-state index in [1.807, 2.05) is 18.2 Å². The molecule has 0 unspecified atom stereocenters. The summed E-state index contributed by atoms with van der Waals surface area (Å²) in [4.78, 5) is 16.4. The predicted octanol–water partition coefficient (Wildman–Crippen LogP) is 5.03. The highest BCUT2D eigenvalue weighted by Crippen LogP contribution is 2.24. The highest BCUT2D eigenvalue weighted by molar-refractivity contribution is 5.84. The number of rotatable bonds is 8. The highest BCUT2D eigenvalue weighted by Gasteiger charge is 2.10. The summed E-state index contributed by atoms with van der Waals surface area (Å²) in [5.74, 6) is 0.0732. The van der Waals surface area contributed by atoms with Crippen molar-refractivity contribution in [3.63, 3.8) is 0 Å². The van der Waals surface area contributed by atoms with E-state index in [9.17, 15) is 4.79 Å². The second kappa shape index (κ2) is 9.40. The summed E-state index contributed by atoms with van der Waals surface area (Å²) in [6.07, 6.45) is 6.22. The number of amides is 1. The molecule has 0 aliphatic rings. The highest BCUT2D eigenvalue weighted by atomic mass is 16.1. The number of pyridine rings is 1. The Morgan fingerprint density at radius 2 is 1.80 bits per heavy atom. The third-order valence-electron chi connectivity index (χ3n) is 5.39. The van der Waals surface area contributed by atoms with Gasteiger partial charge in [0.1, 0.15) is 0 Å². The quantitative estimate of drug-likeness (QED) is 0.453. The molecule has 0 saturated heterocycles. The summed E-state index contributed by atoms with van der Waals surface area (Å²) in [5, 5.41) is 4.23. The number of carbonyl (C=O) groups is 1. The molecule has 2 heterocycles. The zero-order chi connectivity index (χ0) is 20.8. The Morgan fingerprint density at radius 1 is 1.00 bits per heavy atom. The van der Waals surface area contributed by atoms with Gasteiger partial charge in [0.2, 0.25) is 5.91 Å². The van der Waals surface area contributed by atoms with Crippen LogP contribution < -0.4 is 5.32 Å². The van der Waals surface area contributed by atoms with Gasteiger partial charge in [-0.25, -0.2) is 0 Å². The summed E-state index contributed by atoms with van der Waals surface area (Å²) in [7, 11) is 0. The van der Waals surface area contributed by atoms with Crippen molar-refractivity contribution < 1.29 is 4.79 Å². The number of hydrogen-bond donors (Lipinski definition) is 1. The Kier molecular flexibility index (Phi) is 6.23. The summed E-state index contributed by atoms with van der Waals surface area (Å²) >= 11 is 0. The van der Waals surface area contributed by atoms with Gasteiger partial charge in [0, 0.05) is 36.3 Å². The smallest absolute Gasteiger partial charge is 0.220 e. The lowest BCUT2D eigenvalue weighted by Crippen LogP contribution is -2.22. The molecule has 4 rings (SSSR count). The molecule has 0 aliphatic heterocycles. The van der Waals surface area contributed by atoms with E-state index in [-0.39, 0.29) is 5.91 Å². The summed E-state index contributed by atoms with van der Waals surface area (Å²) < 4.78 is 2.32. The first-order valence-corrected chi connectivity index (χ1v) is 10.5. The fourth-order valence-corrected chi connectivity index (χ4v) is 3.76. The van der Waals surface area contributed by atoms with Crippen LogP contribution in [0.5, 0.6) is 0 Å². The van der Waals surface area contributed by atoms with Gasteiger partial charge in [-0.1, -0.05) is 54.1 Å². The van der Waals surface area contributed by atoms with E-state index in [4.69, 9.17) is 0 Å². The van der Waals surface area contributed by atoms with Gasteiger partial charge in [-0.15, -0.1) is 0 Å². The van der Waals surface area contributed by atoms with Crippen LogP contribution in [0.15, 0.2) is 79.1 Å². The van der Waals surface area contributed by atoms with Crippen LogP contribution in [0.3, 0.4) is 0 Å². The molecule has 2 aromatic carbocycles. The van der Waals surface area contributed by atoms with Gasteiger partial charge >= 0.3 is 0 Å². The Morgan fingerprint density at radius 3 is 2.60 bits per heavy atom. The summed E-state index contributed by atoms with van der Waals surface area (Å²) in [5.41, 5.74) is 5.99. The van der Waals surface area contributed by atoms with Gasteiger partial charge in [0.25, 0.3) is 0 Å². The van der Waals surface area contributed by atoms with E-state index < -0.39 is 0 Å². The minimum Gasteiger partial charge on any atom is -0.350 e. The lowest BCUT2D eigenvalue weighted by Gasteiger charge is -2.06. The molecule has 2 aromatic heterocycles. The molecule has 30 heavy (non-hydrogen) atoms. The number of para-hydroxylation sites is 1. The van der Waals surface area contributed by atoms with E-state index in [1.165, 1.54) is 27.6 Å². The van der Waals surface area contributed by atoms with Crippen LogP contribution in [0.1, 0.15) is 35.2 Å². The van der Waals surface area contributed by atoms with Crippen molar-refractivity contribution in [2.45, 2.75) is 39.3 Å². The Labute approximate surface area is 177 Å². The van der Waals surface area contributed by atoms with Crippen molar-refractivity contribution in [3.05, 3.63) is 102 Å². The van der Waals surface area contributed by atoms with Crippen molar-refractivity contribution in [1.82, 2.24) is 14.9 Å². The van der Waals surface area contributed by atoms with E-state index in [0.29, 0.717) is 13.0 Å². The number of nitrogens with zero attached hydrogens (tertiary/aromatic N) is 2. The van der Waals surface area contributed by atoms with Gasteiger partial charge in [0.15, 0.2) is 0 Å². The molecule has 0 fully saturated rings. The molecule has 1 amide bonds. The third kappa shape index (κ3) is 4.95. The number of hydrogen-bond acceptors (Lipinski definition) is 2. The van der Waals surface area contributed by atoms with Crippen molar-refractivity contribution in [3.8, 4) is 0 Å². The zero-order valence-electron chi connectivity index (χ0n) is 17.3. The SMILES string of the molecule is Cc1ccc(Cn2cc(CCCC(=O)NCc3ccccn3)c3ccccc32)cc1. The van der Waals surface area contributed by atoms with Crippen LogP contribution in [0.25, 0.3) is 10.9 Å². The third-order valence-corrected chi connectivity index (χ3v) is 5.39. The van der Waals surface area contributed by atoms with Crippen LogP contribution in [0.4, 0.5) is 0 Å². The van der Waals surface area contributed by atoms with E-state index in [1.54, 1.807) is 6.20 Å². The Balaban J connectivity index is 1.38. The van der Waals surface area contributed by atoms with Gasteiger partial charge in [-0.2, -0.15) is 0 Å². The molecule has 4 aromatic rings. The predicted molar refractivity (Wildman–Crippen MR) is 121 cm³/mol. The average Bonchev–Trinajstić information content (AvgIpc) is 3.12. The van der Waals surface area contributed by atoms with E-state index in [0.717, 1.165) is 25.1 Å². The monoisotopic (exact) mass is 397 g/mol. The summed E-state index contributed by atoms with van der Waals surface area (Å²) in [6, 6.07) is 22.9. The van der Waals surface area contributed by atoms with Crippen LogP contribution in [-0.4, -0.2) is 15.5 Å². The molecular weight excluding hydrogens is 370 g/mol. The van der Waals surface area contributed by atoms with Gasteiger partial charge in [-0.05, 0) is 49.1 Å². The van der Waals surface area contributed by atoms with Gasteiger partial charge in [-0.3, -0.25) is 9.78 Å². The fraction of sp³-hybridized carbons (Fsp3) is 0.231. The average molecular weight is 398 g/mol. The molecular formula is C26H27N3O. The molecule has 0 saturated carbocycles. The van der Waals surface area contributed by atoms with Gasteiger partial charge < -0.3 is 9.88 Å². The number of fused-ring (bicyclic) bond motifs is 1. The maximum atomic E-state index is 12.2. The molecule has 0 spiro atoms. The van der Waals surface area contributed by atoms with Crippen molar-refractivity contribution in [1.29, 1.82) is 0 Å². The fourth-order valence-electron chi connectivity index (χ4n) is 3.76. The molecule has 0 radical (unpaired) electrons. The number of nitrogens with one attached hydrogen (secondary N) is 1. The molecule has 0 atom stereocenters. The molecule has 0 bridgehead atoms. The number of aryl methyl sites for hydroxylation is 2. The maximum absolute atomic E-state index is 12.2. The van der Waals surface area contributed by atoms with E-state index >= 15 is 0 Å². The van der Waals surface area contributed by atoms with Crippen molar-refractivity contribution >= 4 is 16.8 Å². The lowest BCUT2D eigenvalue weighted by atomic mass is 10.1. The second-order valence-corrected chi connectivity index (χ2v) is 7.74. The van der Waals surface area contributed by atoms with Crippen LogP contribution in [0, 0.1) is 6.92 Å². The zero-order valence-corrected chi connectivity index (χ0v) is 17.3. The maximum Gasteiger partial charge on any atom is 0.220 e. The lowest BCUT2D eigenvalue weighted by molar-refractivity contribution is -0.121. The van der Waals surface area contributed by atoms with Crippen molar-refractivity contribution in [2.75, 3.05) is 0 Å². The van der Waals surface area contributed by atoms with E-state index in [2.05, 4.69) is 76.5 Å². The minimum atomic E-state index is 0.0732.